The van der Waals surface area contributed by atoms with Crippen LogP contribution in [0.15, 0.2) is 29.6 Å². The van der Waals surface area contributed by atoms with Gasteiger partial charge in [0.05, 0.1) is 30.6 Å². The Labute approximate surface area is 223 Å². The van der Waals surface area contributed by atoms with Gasteiger partial charge in [-0.3, -0.25) is 9.67 Å². The third-order valence-corrected chi connectivity index (χ3v) is 8.37. The van der Waals surface area contributed by atoms with Gasteiger partial charge in [-0.1, -0.05) is 0 Å². The topological polar surface area (TPSA) is 84.6 Å². The van der Waals surface area contributed by atoms with E-state index in [0.717, 1.165) is 60.6 Å². The number of alkyl halides is 3. The van der Waals surface area contributed by atoms with E-state index in [0.29, 0.717) is 29.7 Å². The number of halogens is 3. The third kappa shape index (κ3) is 3.94. The van der Waals surface area contributed by atoms with Crippen LogP contribution in [-0.2, 0) is 19.0 Å². The fraction of sp³-hybridized carbons (Fsp3) is 0.519. The molecule has 3 aromatic rings. The molecule has 7 rings (SSSR count). The van der Waals surface area contributed by atoms with Crippen molar-refractivity contribution in [3.8, 4) is 17.1 Å². The molecule has 4 aliphatic rings. The fourth-order valence-electron chi connectivity index (χ4n) is 6.21. The summed E-state index contributed by atoms with van der Waals surface area (Å²) in [5.74, 6) is 2.02. The lowest BCUT2D eigenvalue weighted by atomic mass is 9.90. The van der Waals surface area contributed by atoms with Gasteiger partial charge in [0.15, 0.2) is 6.04 Å². The Morgan fingerprint density at radius 3 is 2.49 bits per heavy atom. The molecular formula is C27H29F3N8O. The van der Waals surface area contributed by atoms with Crippen LogP contribution in [0.3, 0.4) is 0 Å². The predicted molar refractivity (Wildman–Crippen MR) is 138 cm³/mol. The first kappa shape index (κ1) is 24.3. The van der Waals surface area contributed by atoms with Crippen molar-refractivity contribution < 1.29 is 17.9 Å². The van der Waals surface area contributed by atoms with E-state index in [1.54, 1.807) is 26.7 Å². The van der Waals surface area contributed by atoms with Gasteiger partial charge in [0.1, 0.15) is 23.7 Å². The molecule has 0 N–H and O–H groups in total. The highest BCUT2D eigenvalue weighted by Gasteiger charge is 2.53. The molecule has 0 amide bonds. The Kier molecular flexibility index (Phi) is 5.24. The number of amidine groups is 1. The van der Waals surface area contributed by atoms with E-state index in [2.05, 4.69) is 19.9 Å². The monoisotopic (exact) mass is 538 g/mol. The van der Waals surface area contributed by atoms with Gasteiger partial charge in [0, 0.05) is 55.8 Å². The Morgan fingerprint density at radius 2 is 1.87 bits per heavy atom. The Bertz CT molecular complexity index is 1470. The highest BCUT2D eigenvalue weighted by atomic mass is 19.4. The molecule has 9 nitrogen and oxygen atoms in total. The van der Waals surface area contributed by atoms with Gasteiger partial charge in [-0.15, -0.1) is 0 Å². The smallest absolute Gasteiger partial charge is 0.412 e. The summed E-state index contributed by atoms with van der Waals surface area (Å²) in [5.41, 5.74) is 5.68. The van der Waals surface area contributed by atoms with E-state index in [4.69, 9.17) is 14.8 Å². The number of hydrogen-bond acceptors (Lipinski definition) is 8. The second-order valence-electron chi connectivity index (χ2n) is 11.1. The summed E-state index contributed by atoms with van der Waals surface area (Å²) in [6.07, 6.45) is 3.15. The lowest BCUT2D eigenvalue weighted by Crippen LogP contribution is -2.39. The summed E-state index contributed by atoms with van der Waals surface area (Å²) in [7, 11) is 5.26. The minimum atomic E-state index is -4.36. The van der Waals surface area contributed by atoms with Crippen LogP contribution < -0.4 is 9.64 Å². The number of aryl methyl sites for hydroxylation is 1. The molecular weight excluding hydrogens is 509 g/mol. The van der Waals surface area contributed by atoms with Crippen LogP contribution >= 0.6 is 0 Å². The van der Waals surface area contributed by atoms with Crippen molar-refractivity contribution in [2.45, 2.75) is 55.8 Å². The maximum Gasteiger partial charge on any atom is 0.412 e. The molecule has 1 atom stereocenters. The summed E-state index contributed by atoms with van der Waals surface area (Å²) in [4.78, 5) is 21.5. The lowest BCUT2D eigenvalue weighted by Gasteiger charge is -2.34. The molecule has 0 aromatic carbocycles. The molecule has 2 saturated carbocycles. The van der Waals surface area contributed by atoms with Crippen molar-refractivity contribution in [3.05, 3.63) is 47.2 Å². The quantitative estimate of drug-likeness (QED) is 0.488. The van der Waals surface area contributed by atoms with E-state index in [9.17, 15) is 13.2 Å². The van der Waals surface area contributed by atoms with Crippen LogP contribution in [-0.4, -0.2) is 74.9 Å². The number of hydrogen-bond donors (Lipinski definition) is 0. The Morgan fingerprint density at radius 1 is 1.08 bits per heavy atom. The van der Waals surface area contributed by atoms with Gasteiger partial charge in [-0.25, -0.2) is 15.0 Å². The van der Waals surface area contributed by atoms with Crippen LogP contribution in [0.25, 0.3) is 11.3 Å². The number of ether oxygens (including phenoxy) is 1. The van der Waals surface area contributed by atoms with E-state index < -0.39 is 12.2 Å². The lowest BCUT2D eigenvalue weighted by molar-refractivity contribution is -0.145. The third-order valence-electron chi connectivity index (χ3n) is 8.37. The fourth-order valence-corrected chi connectivity index (χ4v) is 6.21. The van der Waals surface area contributed by atoms with Crippen LogP contribution in [0.4, 0.5) is 19.0 Å². The van der Waals surface area contributed by atoms with Crippen LogP contribution in [0.2, 0.25) is 0 Å². The summed E-state index contributed by atoms with van der Waals surface area (Å²) in [5, 5.41) is 5.00. The van der Waals surface area contributed by atoms with E-state index in [-0.39, 0.29) is 12.0 Å². The van der Waals surface area contributed by atoms with Crippen molar-refractivity contribution in [1.29, 1.82) is 0 Å². The zero-order valence-electron chi connectivity index (χ0n) is 22.0. The van der Waals surface area contributed by atoms with Crippen LogP contribution in [0.5, 0.6) is 5.88 Å². The van der Waals surface area contributed by atoms with E-state index in [1.807, 2.05) is 23.9 Å². The summed E-state index contributed by atoms with van der Waals surface area (Å²) in [6, 6.07) is 1.98. The number of aliphatic imine (C=N–C) groups is 1. The van der Waals surface area contributed by atoms with Gasteiger partial charge in [0.25, 0.3) is 0 Å². The van der Waals surface area contributed by atoms with Crippen LogP contribution in [0, 0.1) is 0 Å². The van der Waals surface area contributed by atoms with Crippen molar-refractivity contribution in [2.24, 2.45) is 12.0 Å². The van der Waals surface area contributed by atoms with Gasteiger partial charge in [0.2, 0.25) is 5.88 Å². The Hall–Kier alpha value is -3.70. The Balaban J connectivity index is 1.24. The standard InChI is InChI=1S/C27H29F3N8O/c1-36-12-18(27(28,29)30)34-24(36)16-6-7-19(31-10-16)38-11-17-22(35-37(2)23(17)26(13-38)8-9-26)20-21(15-4-5-15)32-14-33-25(20)39-3/h6-7,10,14-15,18H,4-5,8-9,11-13H2,1-3H3. The number of anilines is 1. The maximum atomic E-state index is 13.2. The van der Waals surface area contributed by atoms with Gasteiger partial charge in [-0.2, -0.15) is 18.3 Å². The van der Waals surface area contributed by atoms with Crippen molar-refractivity contribution in [2.75, 3.05) is 32.1 Å². The SMILES string of the molecule is COc1ncnc(C2CC2)c1-c1nn(C)c2c1CN(c1ccc(C3=NC(C(F)(F)F)CN3C)cn1)CC21CC1. The molecule has 12 heteroatoms. The average Bonchev–Trinajstić information content (AvgIpc) is 3.83. The number of methoxy groups -OCH3 is 1. The van der Waals surface area contributed by atoms with Crippen LogP contribution in [0.1, 0.15) is 54.1 Å². The van der Waals surface area contributed by atoms with E-state index >= 15 is 0 Å². The van der Waals surface area contributed by atoms with Gasteiger partial charge < -0.3 is 14.5 Å². The van der Waals surface area contributed by atoms with Crippen molar-refractivity contribution in [1.82, 2.24) is 29.6 Å². The zero-order chi connectivity index (χ0) is 27.1. The molecule has 2 aliphatic carbocycles. The highest BCUT2D eigenvalue weighted by molar-refractivity contribution is 5.99. The zero-order valence-corrected chi connectivity index (χ0v) is 22.0. The number of fused-ring (bicyclic) bond motifs is 2. The minimum Gasteiger partial charge on any atom is -0.480 e. The summed E-state index contributed by atoms with van der Waals surface area (Å²) < 4.78 is 47.4. The number of rotatable bonds is 5. The number of likely N-dealkylation sites (N-methyl/N-ethyl adjacent to an activating group) is 1. The second-order valence-corrected chi connectivity index (χ2v) is 11.1. The molecule has 39 heavy (non-hydrogen) atoms. The van der Waals surface area contributed by atoms with Gasteiger partial charge >= 0.3 is 6.18 Å². The molecule has 0 radical (unpaired) electrons. The average molecular weight is 539 g/mol. The van der Waals surface area contributed by atoms with E-state index in [1.165, 1.54) is 10.6 Å². The summed E-state index contributed by atoms with van der Waals surface area (Å²) >= 11 is 0. The second kappa shape index (κ2) is 8.40. The first-order chi connectivity index (χ1) is 18.7. The summed E-state index contributed by atoms with van der Waals surface area (Å²) in [6.45, 7) is 1.23. The number of nitrogens with zero attached hydrogens (tertiary/aromatic N) is 8. The molecule has 3 aromatic heterocycles. The molecule has 204 valence electrons. The molecule has 5 heterocycles. The molecule has 2 aliphatic heterocycles. The van der Waals surface area contributed by atoms with Crippen molar-refractivity contribution >= 4 is 11.7 Å². The predicted octanol–water partition coefficient (Wildman–Crippen LogP) is 3.83. The first-order valence-corrected chi connectivity index (χ1v) is 13.2. The minimum absolute atomic E-state index is 0.00770. The molecule has 1 unspecified atom stereocenters. The van der Waals surface area contributed by atoms with Crippen molar-refractivity contribution in [3.63, 3.8) is 0 Å². The largest absolute Gasteiger partial charge is 0.480 e. The molecule has 2 fully saturated rings. The molecule has 1 spiro atoms. The highest BCUT2D eigenvalue weighted by Crippen LogP contribution is 2.55. The van der Waals surface area contributed by atoms with Gasteiger partial charge in [-0.05, 0) is 37.8 Å². The molecule has 0 bridgehead atoms. The maximum absolute atomic E-state index is 13.2. The number of pyridine rings is 1. The molecule has 0 saturated heterocycles. The normalized spacial score (nSPS) is 21.8. The number of aromatic nitrogens is 5. The first-order valence-electron chi connectivity index (χ1n) is 13.2.